The van der Waals surface area contributed by atoms with Gasteiger partial charge in [-0.1, -0.05) is 153 Å². The molecule has 9 aromatic rings. The summed E-state index contributed by atoms with van der Waals surface area (Å²) in [5, 5.41) is 2.48. The highest BCUT2D eigenvalue weighted by atomic mass is 14.9. The van der Waals surface area contributed by atoms with Gasteiger partial charge in [-0.2, -0.15) is 0 Å². The molecule has 11 rings (SSSR count). The van der Waals surface area contributed by atoms with Gasteiger partial charge in [0.15, 0.2) is 5.82 Å². The Balaban J connectivity index is 1.04. The van der Waals surface area contributed by atoms with Gasteiger partial charge >= 0.3 is 0 Å². The minimum atomic E-state index is -0.0493. The fourth-order valence-corrected chi connectivity index (χ4v) is 8.98. The average Bonchev–Trinajstić information content (AvgIpc) is 3.70. The molecule has 0 amide bonds. The molecule has 0 fully saturated rings. The lowest BCUT2D eigenvalue weighted by atomic mass is 9.81. The molecule has 3 nitrogen and oxygen atoms in total. The highest BCUT2D eigenvalue weighted by Gasteiger charge is 2.35. The lowest BCUT2D eigenvalue weighted by Gasteiger charge is -2.22. The van der Waals surface area contributed by atoms with Crippen molar-refractivity contribution >= 4 is 10.8 Å². The van der Waals surface area contributed by atoms with E-state index in [0.717, 1.165) is 39.2 Å². The van der Waals surface area contributed by atoms with Crippen molar-refractivity contribution in [2.45, 2.75) is 19.3 Å². The van der Waals surface area contributed by atoms with Gasteiger partial charge in [-0.3, -0.25) is 4.98 Å². The van der Waals surface area contributed by atoms with Gasteiger partial charge in [0.25, 0.3) is 0 Å². The van der Waals surface area contributed by atoms with Crippen LogP contribution in [0, 0.1) is 0 Å². The average molecular weight is 702 g/mol. The molecular formula is C52H35N3. The highest BCUT2D eigenvalue weighted by molar-refractivity contribution is 6.18. The number of hydrogen-bond donors (Lipinski definition) is 0. The van der Waals surface area contributed by atoms with Crippen LogP contribution in [0.25, 0.3) is 100 Å². The molecule has 2 aliphatic rings. The van der Waals surface area contributed by atoms with Crippen molar-refractivity contribution in [2.75, 3.05) is 0 Å². The van der Waals surface area contributed by atoms with Crippen molar-refractivity contribution in [3.63, 3.8) is 0 Å². The number of nitrogens with zero attached hydrogens (tertiary/aromatic N) is 3. The zero-order chi connectivity index (χ0) is 36.7. The van der Waals surface area contributed by atoms with Crippen molar-refractivity contribution in [3.8, 4) is 89.5 Å². The van der Waals surface area contributed by atoms with E-state index in [-0.39, 0.29) is 5.41 Å². The largest absolute Gasteiger partial charge is 0.264 e. The molecule has 0 unspecified atom stereocenters. The molecule has 0 saturated heterocycles. The number of aromatic nitrogens is 3. The molecule has 0 atom stereocenters. The Morgan fingerprint density at radius 2 is 0.982 bits per heavy atom. The SMILES string of the molecule is CC1(C)c2ccccc2-c2ccc(-c3ccc(-c4nc(-c5cccc(-c6cccnc6)c5)cc(-c5ccc6c7c(cccc57)-c5ccccc5-6)n4)cc3)cc21. The Bertz CT molecular complexity index is 2970. The molecule has 258 valence electrons. The molecule has 0 N–H and O–H groups in total. The van der Waals surface area contributed by atoms with Gasteiger partial charge in [-0.15, -0.1) is 0 Å². The van der Waals surface area contributed by atoms with Gasteiger partial charge in [0.2, 0.25) is 0 Å². The molecule has 2 aromatic heterocycles. The van der Waals surface area contributed by atoms with E-state index in [4.69, 9.17) is 9.97 Å². The van der Waals surface area contributed by atoms with Crippen LogP contribution < -0.4 is 0 Å². The van der Waals surface area contributed by atoms with E-state index in [1.807, 2.05) is 18.5 Å². The van der Waals surface area contributed by atoms with E-state index in [0.29, 0.717) is 5.82 Å². The van der Waals surface area contributed by atoms with E-state index in [2.05, 4.69) is 177 Å². The first kappa shape index (κ1) is 31.5. The van der Waals surface area contributed by atoms with Crippen LogP contribution in [0.15, 0.2) is 176 Å². The monoisotopic (exact) mass is 701 g/mol. The van der Waals surface area contributed by atoms with Crippen molar-refractivity contribution in [1.82, 2.24) is 15.0 Å². The molecule has 0 bridgehead atoms. The minimum Gasteiger partial charge on any atom is -0.264 e. The van der Waals surface area contributed by atoms with Crippen molar-refractivity contribution in [1.29, 1.82) is 0 Å². The summed E-state index contributed by atoms with van der Waals surface area (Å²) in [6.45, 7) is 4.67. The number of benzene rings is 7. The summed E-state index contributed by atoms with van der Waals surface area (Å²) >= 11 is 0. The van der Waals surface area contributed by atoms with Crippen LogP contribution in [0.3, 0.4) is 0 Å². The molecule has 0 spiro atoms. The molecular weight excluding hydrogens is 667 g/mol. The summed E-state index contributed by atoms with van der Waals surface area (Å²) < 4.78 is 0. The minimum absolute atomic E-state index is 0.0493. The molecule has 55 heavy (non-hydrogen) atoms. The first-order valence-electron chi connectivity index (χ1n) is 18.9. The van der Waals surface area contributed by atoms with Crippen LogP contribution in [0.5, 0.6) is 0 Å². The number of fused-ring (bicyclic) bond motifs is 6. The van der Waals surface area contributed by atoms with E-state index in [1.165, 1.54) is 66.4 Å². The zero-order valence-electron chi connectivity index (χ0n) is 30.6. The van der Waals surface area contributed by atoms with Gasteiger partial charge in [0, 0.05) is 40.1 Å². The van der Waals surface area contributed by atoms with Gasteiger partial charge in [0.05, 0.1) is 11.4 Å². The van der Waals surface area contributed by atoms with Crippen LogP contribution >= 0.6 is 0 Å². The summed E-state index contributed by atoms with van der Waals surface area (Å²) in [5.74, 6) is 0.697. The van der Waals surface area contributed by atoms with Gasteiger partial charge in [-0.05, 0) is 96.2 Å². The van der Waals surface area contributed by atoms with Crippen molar-refractivity contribution in [3.05, 3.63) is 187 Å². The van der Waals surface area contributed by atoms with E-state index >= 15 is 0 Å². The maximum atomic E-state index is 5.33. The van der Waals surface area contributed by atoms with E-state index in [9.17, 15) is 0 Å². The molecule has 0 aliphatic heterocycles. The van der Waals surface area contributed by atoms with Gasteiger partial charge < -0.3 is 0 Å². The standard InChI is InChI=1S/C52H35N3/c1-52(2)46-18-6-5-15-40(46)41-24-23-35(29-47(41)52)32-19-21-33(22-20-32)51-54-48(36-11-7-10-34(28-36)37-12-9-27-53-31-37)30-49(55-51)42-25-26-45-39-14-4-3-13-38(39)43-16-8-17-44(42)50(43)45/h3-31H,1-2H3. The summed E-state index contributed by atoms with van der Waals surface area (Å²) in [6, 6.07) is 59.1. The molecule has 2 heterocycles. The maximum absolute atomic E-state index is 5.33. The van der Waals surface area contributed by atoms with Crippen LogP contribution in [0.1, 0.15) is 25.0 Å². The fourth-order valence-electron chi connectivity index (χ4n) is 8.98. The second-order valence-electron chi connectivity index (χ2n) is 15.2. The van der Waals surface area contributed by atoms with Crippen LogP contribution in [0.2, 0.25) is 0 Å². The molecule has 0 radical (unpaired) electrons. The molecule has 0 saturated carbocycles. The molecule has 3 heteroatoms. The summed E-state index contributed by atoms with van der Waals surface area (Å²) in [6.07, 6.45) is 3.71. The normalized spacial score (nSPS) is 13.1. The van der Waals surface area contributed by atoms with Crippen LogP contribution in [-0.2, 0) is 5.41 Å². The summed E-state index contributed by atoms with van der Waals surface area (Å²) in [7, 11) is 0. The predicted molar refractivity (Wildman–Crippen MR) is 227 cm³/mol. The Labute approximate surface area is 320 Å². The van der Waals surface area contributed by atoms with Crippen molar-refractivity contribution < 1.29 is 0 Å². The summed E-state index contributed by atoms with van der Waals surface area (Å²) in [5.41, 5.74) is 19.9. The number of pyridine rings is 1. The quantitative estimate of drug-likeness (QED) is 0.179. The van der Waals surface area contributed by atoms with E-state index < -0.39 is 0 Å². The predicted octanol–water partition coefficient (Wildman–Crippen LogP) is 13.3. The Hall–Kier alpha value is -6.97. The van der Waals surface area contributed by atoms with E-state index in [1.54, 1.807) is 0 Å². The molecule has 2 aliphatic carbocycles. The van der Waals surface area contributed by atoms with Crippen LogP contribution in [-0.4, -0.2) is 15.0 Å². The highest BCUT2D eigenvalue weighted by Crippen LogP contribution is 2.51. The maximum Gasteiger partial charge on any atom is 0.160 e. The van der Waals surface area contributed by atoms with Crippen LogP contribution in [0.4, 0.5) is 0 Å². The third kappa shape index (κ3) is 4.93. The third-order valence-corrected chi connectivity index (χ3v) is 11.8. The topological polar surface area (TPSA) is 38.7 Å². The lowest BCUT2D eigenvalue weighted by molar-refractivity contribution is 0.660. The Kier molecular flexibility index (Phi) is 6.90. The zero-order valence-corrected chi connectivity index (χ0v) is 30.6. The van der Waals surface area contributed by atoms with Gasteiger partial charge in [-0.25, -0.2) is 9.97 Å². The lowest BCUT2D eigenvalue weighted by Crippen LogP contribution is -2.14. The third-order valence-electron chi connectivity index (χ3n) is 11.8. The molecule has 7 aromatic carbocycles. The van der Waals surface area contributed by atoms with Crippen molar-refractivity contribution in [2.24, 2.45) is 0 Å². The summed E-state index contributed by atoms with van der Waals surface area (Å²) in [4.78, 5) is 15.0. The Morgan fingerprint density at radius 1 is 0.382 bits per heavy atom. The first-order valence-corrected chi connectivity index (χ1v) is 18.9. The first-order chi connectivity index (χ1) is 27.0. The number of rotatable bonds is 5. The Morgan fingerprint density at radius 3 is 1.80 bits per heavy atom. The second kappa shape index (κ2) is 12.0. The fraction of sp³-hybridized carbons (Fsp3) is 0.0577. The number of hydrogen-bond acceptors (Lipinski definition) is 3. The smallest absolute Gasteiger partial charge is 0.160 e. The van der Waals surface area contributed by atoms with Gasteiger partial charge in [0.1, 0.15) is 0 Å². The second-order valence-corrected chi connectivity index (χ2v) is 15.2.